The zero-order valence-electron chi connectivity index (χ0n) is 18.0. The molecule has 11 nitrogen and oxygen atoms in total. The van der Waals surface area contributed by atoms with Crippen LogP contribution in [0.25, 0.3) is 0 Å². The summed E-state index contributed by atoms with van der Waals surface area (Å²) in [5.74, 6) is -0.783. The van der Waals surface area contributed by atoms with Gasteiger partial charge in [0.2, 0.25) is 0 Å². The van der Waals surface area contributed by atoms with Gasteiger partial charge < -0.3 is 38.3 Å². The van der Waals surface area contributed by atoms with Crippen molar-refractivity contribution in [3.8, 4) is 0 Å². The second-order valence-corrected chi connectivity index (χ2v) is 6.56. The summed E-state index contributed by atoms with van der Waals surface area (Å²) in [4.78, 5) is 37.0. The largest absolute Gasteiger partial charge is 0.509 e. The van der Waals surface area contributed by atoms with Crippen LogP contribution in [0.2, 0.25) is 0 Å². The molecule has 0 bridgehead atoms. The number of rotatable bonds is 10. The van der Waals surface area contributed by atoms with Gasteiger partial charge in [0.05, 0.1) is 12.2 Å². The monoisotopic (exact) mass is 466 g/mol. The third kappa shape index (κ3) is 7.31. The van der Waals surface area contributed by atoms with Crippen LogP contribution in [0.5, 0.6) is 0 Å². The molecule has 0 aliphatic carbocycles. The Morgan fingerprint density at radius 1 is 0.939 bits per heavy atom. The van der Waals surface area contributed by atoms with E-state index in [2.05, 4.69) is 13.2 Å². The van der Waals surface area contributed by atoms with Crippen molar-refractivity contribution in [2.45, 2.75) is 30.7 Å². The van der Waals surface area contributed by atoms with E-state index in [4.69, 9.17) is 33.2 Å². The van der Waals surface area contributed by atoms with E-state index in [1.54, 1.807) is 18.2 Å². The predicted molar refractivity (Wildman–Crippen MR) is 111 cm³/mol. The quantitative estimate of drug-likeness (QED) is 0.308. The third-order valence-corrected chi connectivity index (χ3v) is 4.36. The molecule has 0 spiro atoms. The Morgan fingerprint density at radius 3 is 2.03 bits per heavy atom. The molecule has 1 N–H and O–H groups in total. The lowest BCUT2D eigenvalue weighted by molar-refractivity contribution is -0.295. The average Bonchev–Trinajstić information content (AvgIpc) is 2.83. The topological polar surface area (TPSA) is 136 Å². The van der Waals surface area contributed by atoms with Gasteiger partial charge in [-0.3, -0.25) is 0 Å². The number of carbonyl (C=O) groups excluding carboxylic acids is 3. The summed E-state index contributed by atoms with van der Waals surface area (Å²) >= 11 is 0. The molecule has 5 atom stereocenters. The highest BCUT2D eigenvalue weighted by Crippen LogP contribution is 2.30. The van der Waals surface area contributed by atoms with Gasteiger partial charge in [0.15, 0.2) is 24.6 Å². The molecule has 0 radical (unpaired) electrons. The van der Waals surface area contributed by atoms with Gasteiger partial charge in [0, 0.05) is 7.11 Å². The number of aliphatic hydroxyl groups is 1. The van der Waals surface area contributed by atoms with Crippen molar-refractivity contribution in [1.82, 2.24) is 0 Å². The fourth-order valence-corrected chi connectivity index (χ4v) is 2.93. The SMILES string of the molecule is C=CCOC(=O)O[C@@H]1[C@@H](OC(=O)c2ccccc2)[C@@H](OC)O[C@H](CO)[C@H]1OC(=O)OCC=C. The van der Waals surface area contributed by atoms with Crippen molar-refractivity contribution >= 4 is 18.3 Å². The fourth-order valence-electron chi connectivity index (χ4n) is 2.93. The predicted octanol–water partition coefficient (Wildman–Crippen LogP) is 1.99. The summed E-state index contributed by atoms with van der Waals surface area (Å²) in [6.07, 6.45) is -6.52. The second kappa shape index (κ2) is 13.2. The van der Waals surface area contributed by atoms with Crippen LogP contribution in [-0.4, -0.2) is 81.0 Å². The number of hydrogen-bond acceptors (Lipinski definition) is 11. The van der Waals surface area contributed by atoms with Gasteiger partial charge in [0.1, 0.15) is 19.3 Å². The number of hydrogen-bond donors (Lipinski definition) is 1. The Morgan fingerprint density at radius 2 is 1.52 bits per heavy atom. The first kappa shape index (κ1) is 25.8. The number of benzene rings is 1. The van der Waals surface area contributed by atoms with Crippen LogP contribution in [0.1, 0.15) is 10.4 Å². The standard InChI is InChI=1S/C22H26O11/c1-4-11-28-21(25)32-16-15(13-23)30-20(27-3)18(17(16)33-22(26)29-12-5-2)31-19(24)14-9-7-6-8-10-14/h4-10,15-18,20,23H,1-2,11-13H2,3H3/t15-,16-,17+,18-,20+/m1/s1. The number of carbonyl (C=O) groups is 3. The number of aliphatic hydroxyl groups excluding tert-OH is 1. The number of methoxy groups -OCH3 is 1. The van der Waals surface area contributed by atoms with Gasteiger partial charge in [-0.1, -0.05) is 43.5 Å². The molecule has 0 saturated carbocycles. The van der Waals surface area contributed by atoms with Gasteiger partial charge in [-0.25, -0.2) is 14.4 Å². The summed E-state index contributed by atoms with van der Waals surface area (Å²) in [5, 5.41) is 9.78. The lowest BCUT2D eigenvalue weighted by Gasteiger charge is -2.43. The van der Waals surface area contributed by atoms with Crippen LogP contribution in [0.15, 0.2) is 55.6 Å². The van der Waals surface area contributed by atoms with E-state index in [1.807, 2.05) is 0 Å². The fraction of sp³-hybridized carbons (Fsp3) is 0.409. The van der Waals surface area contributed by atoms with Crippen LogP contribution in [-0.2, 0) is 33.2 Å². The lowest BCUT2D eigenvalue weighted by Crippen LogP contribution is -2.62. The summed E-state index contributed by atoms with van der Waals surface area (Å²) in [5.41, 5.74) is 0.201. The van der Waals surface area contributed by atoms with E-state index in [9.17, 15) is 19.5 Å². The molecule has 1 aromatic carbocycles. The van der Waals surface area contributed by atoms with Crippen LogP contribution >= 0.6 is 0 Å². The molecular formula is C22H26O11. The molecule has 0 unspecified atom stereocenters. The highest BCUT2D eigenvalue weighted by atomic mass is 16.8. The smallest absolute Gasteiger partial charge is 0.449 e. The molecule has 11 heteroatoms. The zero-order valence-corrected chi connectivity index (χ0v) is 18.0. The van der Waals surface area contributed by atoms with Gasteiger partial charge in [-0.15, -0.1) is 0 Å². The van der Waals surface area contributed by atoms with E-state index >= 15 is 0 Å². The molecule has 1 aliphatic rings. The van der Waals surface area contributed by atoms with E-state index in [0.29, 0.717) is 0 Å². The first-order valence-electron chi connectivity index (χ1n) is 9.88. The van der Waals surface area contributed by atoms with Crippen molar-refractivity contribution in [3.05, 3.63) is 61.2 Å². The van der Waals surface area contributed by atoms with Crippen LogP contribution in [0.3, 0.4) is 0 Å². The molecule has 1 saturated heterocycles. The summed E-state index contributed by atoms with van der Waals surface area (Å²) in [6, 6.07) is 8.00. The van der Waals surface area contributed by atoms with Gasteiger partial charge >= 0.3 is 18.3 Å². The first-order valence-corrected chi connectivity index (χ1v) is 9.88. The Labute approximate surface area is 190 Å². The minimum atomic E-state index is -1.48. The van der Waals surface area contributed by atoms with E-state index < -0.39 is 55.6 Å². The first-order chi connectivity index (χ1) is 15.9. The van der Waals surface area contributed by atoms with Gasteiger partial charge in [-0.2, -0.15) is 0 Å². The van der Waals surface area contributed by atoms with Crippen molar-refractivity contribution < 1.29 is 52.6 Å². The maximum Gasteiger partial charge on any atom is 0.509 e. The molecule has 180 valence electrons. The molecule has 2 rings (SSSR count). The van der Waals surface area contributed by atoms with E-state index in [1.165, 1.54) is 31.4 Å². The minimum Gasteiger partial charge on any atom is -0.449 e. The van der Waals surface area contributed by atoms with Gasteiger partial charge in [-0.05, 0) is 12.1 Å². The highest BCUT2D eigenvalue weighted by Gasteiger charge is 2.53. The zero-order chi connectivity index (χ0) is 24.2. The number of esters is 1. The summed E-state index contributed by atoms with van der Waals surface area (Å²) < 4.78 is 36.5. The second-order valence-electron chi connectivity index (χ2n) is 6.56. The average molecular weight is 466 g/mol. The summed E-state index contributed by atoms with van der Waals surface area (Å²) in [7, 11) is 1.26. The van der Waals surface area contributed by atoms with Crippen molar-refractivity contribution in [2.24, 2.45) is 0 Å². The summed E-state index contributed by atoms with van der Waals surface area (Å²) in [6.45, 7) is 5.88. The van der Waals surface area contributed by atoms with Gasteiger partial charge in [0.25, 0.3) is 0 Å². The normalized spacial score (nSPS) is 24.1. The molecule has 1 fully saturated rings. The highest BCUT2D eigenvalue weighted by molar-refractivity contribution is 5.89. The molecule has 1 aromatic rings. The number of ether oxygens (including phenoxy) is 7. The molecule has 0 amide bonds. The van der Waals surface area contributed by atoms with Crippen molar-refractivity contribution in [3.63, 3.8) is 0 Å². The van der Waals surface area contributed by atoms with E-state index in [-0.39, 0.29) is 18.8 Å². The Balaban J connectivity index is 2.35. The van der Waals surface area contributed by atoms with E-state index in [0.717, 1.165) is 0 Å². The van der Waals surface area contributed by atoms with Crippen LogP contribution in [0, 0.1) is 0 Å². The maximum atomic E-state index is 12.7. The van der Waals surface area contributed by atoms with Crippen molar-refractivity contribution in [1.29, 1.82) is 0 Å². The Kier molecular flexibility index (Phi) is 10.3. The lowest BCUT2D eigenvalue weighted by atomic mass is 9.98. The Bertz CT molecular complexity index is 810. The molecule has 0 aromatic heterocycles. The third-order valence-electron chi connectivity index (χ3n) is 4.36. The van der Waals surface area contributed by atoms with Crippen LogP contribution < -0.4 is 0 Å². The van der Waals surface area contributed by atoms with Crippen molar-refractivity contribution in [2.75, 3.05) is 26.9 Å². The molecule has 1 aliphatic heterocycles. The molecular weight excluding hydrogens is 440 g/mol. The maximum absolute atomic E-state index is 12.7. The Hall–Kier alpha value is -3.41. The molecule has 33 heavy (non-hydrogen) atoms. The van der Waals surface area contributed by atoms with Crippen LogP contribution in [0.4, 0.5) is 9.59 Å². The minimum absolute atomic E-state index is 0.157. The molecule has 1 heterocycles.